The Morgan fingerprint density at radius 3 is 3.11 bits per heavy atom. The van der Waals surface area contributed by atoms with Crippen LogP contribution < -0.4 is 5.32 Å². The molecule has 94 valence electrons. The summed E-state index contributed by atoms with van der Waals surface area (Å²) < 4.78 is 0. The van der Waals surface area contributed by atoms with Crippen molar-refractivity contribution in [3.63, 3.8) is 0 Å². The lowest BCUT2D eigenvalue weighted by Crippen LogP contribution is -2.39. The summed E-state index contributed by atoms with van der Waals surface area (Å²) in [5.74, 6) is -0.0444. The van der Waals surface area contributed by atoms with E-state index in [9.17, 15) is 4.79 Å². The summed E-state index contributed by atoms with van der Waals surface area (Å²) >= 11 is 5.52. The molecule has 0 saturated carbocycles. The van der Waals surface area contributed by atoms with Gasteiger partial charge in [-0.15, -0.1) is 11.6 Å². The highest BCUT2D eigenvalue weighted by atomic mass is 35.5. The van der Waals surface area contributed by atoms with Crippen LogP contribution >= 0.6 is 11.6 Å². The Labute approximate surface area is 111 Å². The number of benzene rings is 1. The zero-order valence-electron chi connectivity index (χ0n) is 10.0. The highest BCUT2D eigenvalue weighted by Gasteiger charge is 2.22. The lowest BCUT2D eigenvalue weighted by atomic mass is 9.92. The summed E-state index contributed by atoms with van der Waals surface area (Å²) in [6, 6.07) is 8.56. The summed E-state index contributed by atoms with van der Waals surface area (Å²) in [5.41, 5.74) is 3.84. The van der Waals surface area contributed by atoms with E-state index in [4.69, 9.17) is 11.6 Å². The smallest absolute Gasteiger partial charge is 0.235 e. The maximum Gasteiger partial charge on any atom is 0.235 e. The second kappa shape index (κ2) is 4.65. The lowest BCUT2D eigenvalue weighted by Gasteiger charge is -2.23. The fraction of sp³-hybridized carbons (Fsp3) is 0.357. The molecule has 1 aromatic carbocycles. The Morgan fingerprint density at radius 2 is 2.28 bits per heavy atom. The van der Waals surface area contributed by atoms with E-state index in [-0.39, 0.29) is 17.8 Å². The number of H-pyrrole nitrogens is 1. The molecule has 18 heavy (non-hydrogen) atoms. The average Bonchev–Trinajstić information content (AvgIpc) is 2.76. The Balaban J connectivity index is 1.87. The van der Waals surface area contributed by atoms with Crippen LogP contribution in [0.1, 0.15) is 17.7 Å². The van der Waals surface area contributed by atoms with E-state index in [2.05, 4.69) is 28.5 Å². The topological polar surface area (TPSA) is 44.9 Å². The highest BCUT2D eigenvalue weighted by molar-refractivity contribution is 6.27. The second-order valence-electron chi connectivity index (χ2n) is 4.77. The van der Waals surface area contributed by atoms with Gasteiger partial charge in [-0.2, -0.15) is 0 Å². The quantitative estimate of drug-likeness (QED) is 0.802. The largest absolute Gasteiger partial charge is 0.358 e. The molecular weight excluding hydrogens is 248 g/mol. The molecular formula is C14H15ClN2O. The van der Waals surface area contributed by atoms with Crippen LogP contribution in [0.3, 0.4) is 0 Å². The molecule has 1 aliphatic carbocycles. The first-order valence-corrected chi connectivity index (χ1v) is 6.75. The minimum absolute atomic E-state index is 0.0378. The molecule has 2 aromatic rings. The molecule has 0 saturated heterocycles. The number of aryl methyl sites for hydroxylation is 1. The average molecular weight is 263 g/mol. The van der Waals surface area contributed by atoms with E-state index in [1.165, 1.54) is 22.2 Å². The van der Waals surface area contributed by atoms with Crippen molar-refractivity contribution in [3.8, 4) is 0 Å². The summed E-state index contributed by atoms with van der Waals surface area (Å²) in [4.78, 5) is 14.8. The molecule has 1 unspecified atom stereocenters. The number of hydrogen-bond donors (Lipinski definition) is 2. The van der Waals surface area contributed by atoms with Gasteiger partial charge in [-0.05, 0) is 24.5 Å². The van der Waals surface area contributed by atoms with E-state index < -0.39 is 0 Å². The van der Waals surface area contributed by atoms with Crippen molar-refractivity contribution in [2.24, 2.45) is 0 Å². The summed E-state index contributed by atoms with van der Waals surface area (Å²) in [5, 5.41) is 4.28. The van der Waals surface area contributed by atoms with Gasteiger partial charge in [-0.1, -0.05) is 18.2 Å². The van der Waals surface area contributed by atoms with E-state index in [0.717, 1.165) is 19.3 Å². The van der Waals surface area contributed by atoms with Crippen molar-refractivity contribution >= 4 is 28.4 Å². The Kier molecular flexibility index (Phi) is 3.00. The molecule has 1 aliphatic rings. The zero-order valence-corrected chi connectivity index (χ0v) is 10.8. The highest BCUT2D eigenvalue weighted by Crippen LogP contribution is 2.28. The molecule has 1 aromatic heterocycles. The predicted molar refractivity (Wildman–Crippen MR) is 73.0 cm³/mol. The van der Waals surface area contributed by atoms with Crippen LogP contribution in [-0.2, 0) is 17.6 Å². The number of rotatable bonds is 2. The lowest BCUT2D eigenvalue weighted by molar-refractivity contribution is -0.119. The monoisotopic (exact) mass is 262 g/mol. The molecule has 0 bridgehead atoms. The Morgan fingerprint density at radius 1 is 1.44 bits per heavy atom. The van der Waals surface area contributed by atoms with Crippen LogP contribution in [0, 0.1) is 0 Å². The van der Waals surface area contributed by atoms with Crippen molar-refractivity contribution < 1.29 is 4.79 Å². The van der Waals surface area contributed by atoms with E-state index in [1.807, 2.05) is 6.07 Å². The van der Waals surface area contributed by atoms with Crippen LogP contribution in [0.2, 0.25) is 0 Å². The maximum atomic E-state index is 11.3. The van der Waals surface area contributed by atoms with Crippen molar-refractivity contribution in [1.29, 1.82) is 0 Å². The first-order chi connectivity index (χ1) is 8.78. The van der Waals surface area contributed by atoms with Gasteiger partial charge in [0.1, 0.15) is 5.88 Å². The normalized spacial score (nSPS) is 18.6. The SMILES string of the molecule is O=C(CCl)NC1CCc2c([nH]c3ccccc23)C1. The van der Waals surface area contributed by atoms with Gasteiger partial charge in [-0.25, -0.2) is 0 Å². The predicted octanol–water partition coefficient (Wildman–Crippen LogP) is 2.38. The number of carbonyl (C=O) groups excluding carboxylic acids is 1. The van der Waals surface area contributed by atoms with Gasteiger partial charge in [0.2, 0.25) is 5.91 Å². The third-order valence-electron chi connectivity index (χ3n) is 3.58. The molecule has 0 fully saturated rings. The summed E-state index contributed by atoms with van der Waals surface area (Å²) in [6.07, 6.45) is 2.86. The van der Waals surface area contributed by atoms with Gasteiger partial charge in [-0.3, -0.25) is 4.79 Å². The molecule has 4 heteroatoms. The van der Waals surface area contributed by atoms with Gasteiger partial charge < -0.3 is 10.3 Å². The molecule has 0 aliphatic heterocycles. The first-order valence-electron chi connectivity index (χ1n) is 6.21. The number of aromatic nitrogens is 1. The van der Waals surface area contributed by atoms with Crippen molar-refractivity contribution in [2.45, 2.75) is 25.3 Å². The fourth-order valence-electron chi connectivity index (χ4n) is 2.77. The van der Waals surface area contributed by atoms with Crippen molar-refractivity contribution in [2.75, 3.05) is 5.88 Å². The van der Waals surface area contributed by atoms with E-state index in [0.29, 0.717) is 0 Å². The molecule has 0 spiro atoms. The fourth-order valence-corrected chi connectivity index (χ4v) is 2.85. The minimum atomic E-state index is -0.0822. The van der Waals surface area contributed by atoms with Crippen LogP contribution in [0.4, 0.5) is 0 Å². The number of halogens is 1. The number of carbonyl (C=O) groups is 1. The number of hydrogen-bond acceptors (Lipinski definition) is 1. The van der Waals surface area contributed by atoms with Crippen molar-refractivity contribution in [1.82, 2.24) is 10.3 Å². The molecule has 0 radical (unpaired) electrons. The molecule has 1 amide bonds. The number of alkyl halides is 1. The van der Waals surface area contributed by atoms with Gasteiger partial charge in [0.05, 0.1) is 0 Å². The standard InChI is InChI=1S/C14H15ClN2O/c15-8-14(18)16-9-5-6-11-10-3-1-2-4-12(10)17-13(11)7-9/h1-4,9,17H,5-8H2,(H,16,18). The zero-order chi connectivity index (χ0) is 12.5. The molecule has 3 nitrogen and oxygen atoms in total. The maximum absolute atomic E-state index is 11.3. The Hall–Kier alpha value is -1.48. The van der Waals surface area contributed by atoms with Crippen LogP contribution in [0.5, 0.6) is 0 Å². The number of nitrogens with one attached hydrogen (secondary N) is 2. The number of aromatic amines is 1. The number of fused-ring (bicyclic) bond motifs is 3. The van der Waals surface area contributed by atoms with E-state index >= 15 is 0 Å². The van der Waals surface area contributed by atoms with Gasteiger partial charge in [0, 0.05) is 29.1 Å². The van der Waals surface area contributed by atoms with Crippen LogP contribution in [0.25, 0.3) is 10.9 Å². The van der Waals surface area contributed by atoms with Crippen LogP contribution in [0.15, 0.2) is 24.3 Å². The summed E-state index contributed by atoms with van der Waals surface area (Å²) in [6.45, 7) is 0. The number of para-hydroxylation sites is 1. The first kappa shape index (κ1) is 11.6. The van der Waals surface area contributed by atoms with E-state index in [1.54, 1.807) is 0 Å². The molecule has 1 heterocycles. The summed E-state index contributed by atoms with van der Waals surface area (Å²) in [7, 11) is 0. The van der Waals surface area contributed by atoms with Crippen molar-refractivity contribution in [3.05, 3.63) is 35.5 Å². The van der Waals surface area contributed by atoms with Gasteiger partial charge in [0.25, 0.3) is 0 Å². The third kappa shape index (κ3) is 1.99. The molecule has 3 rings (SSSR count). The molecule has 2 N–H and O–H groups in total. The van der Waals surface area contributed by atoms with Gasteiger partial charge in [0.15, 0.2) is 0 Å². The number of amides is 1. The minimum Gasteiger partial charge on any atom is -0.358 e. The van der Waals surface area contributed by atoms with Gasteiger partial charge >= 0.3 is 0 Å². The second-order valence-corrected chi connectivity index (χ2v) is 5.04. The molecule has 1 atom stereocenters. The third-order valence-corrected chi connectivity index (χ3v) is 3.82. The Bertz CT molecular complexity index is 590. The van der Waals surface area contributed by atoms with Crippen LogP contribution in [-0.4, -0.2) is 22.8 Å².